The van der Waals surface area contributed by atoms with Gasteiger partial charge in [0.05, 0.1) is 6.54 Å². The van der Waals surface area contributed by atoms with Crippen molar-refractivity contribution in [2.75, 3.05) is 18.9 Å². The van der Waals surface area contributed by atoms with Crippen molar-refractivity contribution in [2.45, 2.75) is 32.7 Å². The van der Waals surface area contributed by atoms with E-state index in [2.05, 4.69) is 21.4 Å². The Labute approximate surface area is 151 Å². The molecule has 0 spiro atoms. The van der Waals surface area contributed by atoms with Gasteiger partial charge >= 0.3 is 6.03 Å². The third-order valence-corrected chi connectivity index (χ3v) is 4.37. The average Bonchev–Trinajstić information content (AvgIpc) is 2.84. The fraction of sp³-hybridized carbons (Fsp3) is 0.412. The summed E-state index contributed by atoms with van der Waals surface area (Å²) < 4.78 is 0. The molecule has 5 amide bonds. The molecule has 1 aromatic rings. The molecule has 0 saturated carbocycles. The van der Waals surface area contributed by atoms with Crippen molar-refractivity contribution in [1.82, 2.24) is 21.1 Å². The van der Waals surface area contributed by atoms with Crippen molar-refractivity contribution in [2.24, 2.45) is 0 Å². The normalized spacial score (nSPS) is 19.2. The second kappa shape index (κ2) is 7.42. The summed E-state index contributed by atoms with van der Waals surface area (Å²) in [5.74, 6) is -1.30. The first-order valence-corrected chi connectivity index (χ1v) is 8.24. The van der Waals surface area contributed by atoms with Crippen LogP contribution in [0, 0.1) is 6.92 Å². The van der Waals surface area contributed by atoms with Crippen LogP contribution in [0.25, 0.3) is 0 Å². The van der Waals surface area contributed by atoms with Crippen molar-refractivity contribution >= 4 is 29.4 Å². The Morgan fingerprint density at radius 2 is 1.96 bits per heavy atom. The van der Waals surface area contributed by atoms with Gasteiger partial charge in [-0.05, 0) is 38.0 Å². The van der Waals surface area contributed by atoms with E-state index in [1.54, 1.807) is 32.0 Å². The lowest BCUT2D eigenvalue weighted by Gasteiger charge is -2.19. The number of aryl methyl sites for hydroxylation is 1. The molecular formula is C17H23N5O4. The largest absolute Gasteiger partial charge is 0.376 e. The summed E-state index contributed by atoms with van der Waals surface area (Å²) in [5, 5.41) is 8.69. The zero-order chi connectivity index (χ0) is 19.5. The van der Waals surface area contributed by atoms with Crippen molar-refractivity contribution < 1.29 is 19.2 Å². The van der Waals surface area contributed by atoms with Crippen molar-refractivity contribution in [3.63, 3.8) is 0 Å². The SMILES string of the molecule is CCC1(C)NC(=O)N(NC(=O)CNc2cc(C(=O)NC)ccc2C)C1=O. The van der Waals surface area contributed by atoms with Crippen LogP contribution < -0.4 is 21.4 Å². The molecule has 0 aromatic heterocycles. The van der Waals surface area contributed by atoms with Gasteiger partial charge in [-0.3, -0.25) is 19.8 Å². The molecule has 140 valence electrons. The van der Waals surface area contributed by atoms with E-state index >= 15 is 0 Å². The lowest BCUT2D eigenvalue weighted by Crippen LogP contribution is -2.50. The molecule has 2 rings (SSSR count). The van der Waals surface area contributed by atoms with Crippen LogP contribution in [0.2, 0.25) is 0 Å². The van der Waals surface area contributed by atoms with E-state index in [4.69, 9.17) is 0 Å². The summed E-state index contributed by atoms with van der Waals surface area (Å²) in [5.41, 5.74) is 3.19. The Bertz CT molecular complexity index is 764. The topological polar surface area (TPSA) is 120 Å². The first-order valence-electron chi connectivity index (χ1n) is 8.24. The third kappa shape index (κ3) is 3.76. The molecular weight excluding hydrogens is 338 g/mol. The number of hydrogen-bond donors (Lipinski definition) is 4. The number of benzene rings is 1. The highest BCUT2D eigenvalue weighted by atomic mass is 16.2. The van der Waals surface area contributed by atoms with E-state index in [9.17, 15) is 19.2 Å². The van der Waals surface area contributed by atoms with Gasteiger partial charge in [0.1, 0.15) is 5.54 Å². The second-order valence-electron chi connectivity index (χ2n) is 6.25. The van der Waals surface area contributed by atoms with Gasteiger partial charge < -0.3 is 16.0 Å². The summed E-state index contributed by atoms with van der Waals surface area (Å²) in [4.78, 5) is 48.0. The summed E-state index contributed by atoms with van der Waals surface area (Å²) in [6, 6.07) is 4.40. The monoisotopic (exact) mass is 361 g/mol. The molecule has 1 heterocycles. The number of rotatable bonds is 6. The summed E-state index contributed by atoms with van der Waals surface area (Å²) in [6.45, 7) is 5.04. The lowest BCUT2D eigenvalue weighted by molar-refractivity contribution is -0.138. The molecule has 4 N–H and O–H groups in total. The predicted octanol–water partition coefficient (Wildman–Crippen LogP) is 0.518. The highest BCUT2D eigenvalue weighted by molar-refractivity contribution is 6.07. The minimum absolute atomic E-state index is 0.169. The minimum atomic E-state index is -1.02. The first kappa shape index (κ1) is 19.2. The predicted molar refractivity (Wildman–Crippen MR) is 95.3 cm³/mol. The van der Waals surface area contributed by atoms with Crippen LogP contribution in [0.4, 0.5) is 10.5 Å². The number of carbonyl (C=O) groups excluding carboxylic acids is 4. The van der Waals surface area contributed by atoms with Gasteiger partial charge in [-0.25, -0.2) is 4.79 Å². The van der Waals surface area contributed by atoms with Crippen LogP contribution in [0.1, 0.15) is 36.2 Å². The Hall–Kier alpha value is -3.10. The summed E-state index contributed by atoms with van der Waals surface area (Å²) >= 11 is 0. The summed E-state index contributed by atoms with van der Waals surface area (Å²) in [6.07, 6.45) is 0.410. The van der Waals surface area contributed by atoms with Crippen LogP contribution in [0.15, 0.2) is 18.2 Å². The number of amides is 5. The first-order chi connectivity index (χ1) is 12.2. The molecule has 1 aliphatic rings. The molecule has 1 aromatic carbocycles. The molecule has 0 bridgehead atoms. The number of anilines is 1. The van der Waals surface area contributed by atoms with Gasteiger partial charge in [-0.2, -0.15) is 5.01 Å². The molecule has 1 unspecified atom stereocenters. The molecule has 1 atom stereocenters. The smallest absolute Gasteiger partial charge is 0.344 e. The van der Waals surface area contributed by atoms with Crippen LogP contribution in [0.3, 0.4) is 0 Å². The van der Waals surface area contributed by atoms with E-state index in [-0.39, 0.29) is 12.5 Å². The minimum Gasteiger partial charge on any atom is -0.376 e. The quantitative estimate of drug-likeness (QED) is 0.551. The number of hydrogen-bond acceptors (Lipinski definition) is 5. The molecule has 26 heavy (non-hydrogen) atoms. The fourth-order valence-corrected chi connectivity index (χ4v) is 2.46. The van der Waals surface area contributed by atoms with Gasteiger partial charge in [0.15, 0.2) is 0 Å². The van der Waals surface area contributed by atoms with Crippen LogP contribution >= 0.6 is 0 Å². The number of nitrogens with zero attached hydrogens (tertiary/aromatic N) is 1. The average molecular weight is 361 g/mol. The van der Waals surface area contributed by atoms with Crippen LogP contribution in [-0.2, 0) is 9.59 Å². The van der Waals surface area contributed by atoms with Gasteiger partial charge in [0, 0.05) is 18.3 Å². The van der Waals surface area contributed by atoms with Crippen molar-refractivity contribution in [3.8, 4) is 0 Å². The maximum Gasteiger partial charge on any atom is 0.344 e. The Balaban J connectivity index is 2.00. The zero-order valence-electron chi connectivity index (χ0n) is 15.2. The molecule has 9 nitrogen and oxygen atoms in total. The van der Waals surface area contributed by atoms with Gasteiger partial charge in [0.25, 0.3) is 17.7 Å². The van der Waals surface area contributed by atoms with E-state index in [1.807, 2.05) is 6.92 Å². The Morgan fingerprint density at radius 3 is 2.54 bits per heavy atom. The number of carbonyl (C=O) groups is 4. The number of imide groups is 1. The number of hydrazine groups is 1. The third-order valence-electron chi connectivity index (χ3n) is 4.37. The van der Waals surface area contributed by atoms with Crippen LogP contribution in [0.5, 0.6) is 0 Å². The van der Waals surface area contributed by atoms with Gasteiger partial charge in [-0.15, -0.1) is 0 Å². The fourth-order valence-electron chi connectivity index (χ4n) is 2.46. The zero-order valence-corrected chi connectivity index (χ0v) is 15.2. The van der Waals surface area contributed by atoms with E-state index in [1.165, 1.54) is 7.05 Å². The molecule has 1 saturated heterocycles. The molecule has 0 aliphatic carbocycles. The Morgan fingerprint density at radius 1 is 1.27 bits per heavy atom. The molecule has 1 fully saturated rings. The van der Waals surface area contributed by atoms with Crippen molar-refractivity contribution in [1.29, 1.82) is 0 Å². The molecule has 0 radical (unpaired) electrons. The van der Waals surface area contributed by atoms with E-state index in [0.29, 0.717) is 22.7 Å². The van der Waals surface area contributed by atoms with Gasteiger partial charge in [0.2, 0.25) is 0 Å². The molecule has 1 aliphatic heterocycles. The number of nitrogens with one attached hydrogen (secondary N) is 4. The maximum atomic E-state index is 12.2. The highest BCUT2D eigenvalue weighted by Crippen LogP contribution is 2.19. The second-order valence-corrected chi connectivity index (χ2v) is 6.25. The Kier molecular flexibility index (Phi) is 5.49. The number of urea groups is 1. The maximum absolute atomic E-state index is 12.2. The highest BCUT2D eigenvalue weighted by Gasteiger charge is 2.47. The van der Waals surface area contributed by atoms with Gasteiger partial charge in [-0.1, -0.05) is 13.0 Å². The summed E-state index contributed by atoms with van der Waals surface area (Å²) in [7, 11) is 1.53. The molecule has 9 heteroatoms. The van der Waals surface area contributed by atoms with Crippen molar-refractivity contribution in [3.05, 3.63) is 29.3 Å². The lowest BCUT2D eigenvalue weighted by atomic mass is 10.00. The van der Waals surface area contributed by atoms with Crippen LogP contribution in [-0.4, -0.2) is 47.9 Å². The van der Waals surface area contributed by atoms with E-state index < -0.39 is 23.4 Å². The standard InChI is InChI=1S/C17H23N5O4/c1-5-17(3)15(25)22(16(26)20-17)21-13(23)9-19-12-8-11(14(24)18-4)7-6-10(12)2/h6-8,19H,5,9H2,1-4H3,(H,18,24)(H,20,26)(H,21,23). The van der Waals surface area contributed by atoms with E-state index in [0.717, 1.165) is 5.56 Å².